The Labute approximate surface area is 129 Å². The Balaban J connectivity index is 2.17. The highest BCUT2D eigenvalue weighted by molar-refractivity contribution is 6.10. The molecule has 0 aliphatic heterocycles. The third-order valence-electron chi connectivity index (χ3n) is 2.92. The van der Waals surface area contributed by atoms with Gasteiger partial charge in [-0.3, -0.25) is 4.79 Å². The number of benzene rings is 2. The summed E-state index contributed by atoms with van der Waals surface area (Å²) in [5.41, 5.74) is 1.04. The third-order valence-corrected chi connectivity index (χ3v) is 2.92. The van der Waals surface area contributed by atoms with Gasteiger partial charge < -0.3 is 18.9 Å². The molecule has 5 nitrogen and oxygen atoms in total. The van der Waals surface area contributed by atoms with Crippen LogP contribution in [-0.2, 0) is 9.47 Å². The van der Waals surface area contributed by atoms with Gasteiger partial charge in [0.2, 0.25) is 0 Å². The van der Waals surface area contributed by atoms with Crippen molar-refractivity contribution in [3.63, 3.8) is 0 Å². The maximum absolute atomic E-state index is 12.6. The molecule has 0 fully saturated rings. The van der Waals surface area contributed by atoms with Crippen LogP contribution >= 0.6 is 0 Å². The normalized spacial score (nSPS) is 10.3. The molecule has 0 bridgehead atoms. The van der Waals surface area contributed by atoms with Crippen molar-refractivity contribution in [1.82, 2.24) is 0 Å². The number of hydrogen-bond acceptors (Lipinski definition) is 5. The van der Waals surface area contributed by atoms with E-state index in [1.165, 1.54) is 7.11 Å². The van der Waals surface area contributed by atoms with E-state index in [0.717, 1.165) is 0 Å². The van der Waals surface area contributed by atoms with Crippen molar-refractivity contribution in [2.75, 3.05) is 27.8 Å². The zero-order chi connectivity index (χ0) is 15.8. The van der Waals surface area contributed by atoms with Crippen LogP contribution in [0.1, 0.15) is 15.9 Å². The van der Waals surface area contributed by atoms with Crippen molar-refractivity contribution in [2.24, 2.45) is 0 Å². The summed E-state index contributed by atoms with van der Waals surface area (Å²) in [6.07, 6.45) is 0. The molecule has 0 heterocycles. The Morgan fingerprint density at radius 3 is 2.18 bits per heavy atom. The summed E-state index contributed by atoms with van der Waals surface area (Å²) in [5, 5.41) is 0. The van der Waals surface area contributed by atoms with Crippen LogP contribution in [0.3, 0.4) is 0 Å². The van der Waals surface area contributed by atoms with Crippen LogP contribution in [-0.4, -0.2) is 33.6 Å². The first-order chi connectivity index (χ1) is 10.8. The fraction of sp³-hybridized carbons (Fsp3) is 0.235. The maximum atomic E-state index is 12.6. The van der Waals surface area contributed by atoms with Crippen LogP contribution in [0.15, 0.2) is 48.5 Å². The standard InChI is InChI=1S/C17H18O5/c1-19-11-21-14-9-7-13(8-10-14)17(18)15-5-3-4-6-16(15)22-12-20-2/h3-10H,11-12H2,1-2H3. The van der Waals surface area contributed by atoms with Gasteiger partial charge in [-0.1, -0.05) is 12.1 Å². The van der Waals surface area contributed by atoms with Crippen LogP contribution in [0.5, 0.6) is 11.5 Å². The molecule has 2 rings (SSSR count). The topological polar surface area (TPSA) is 54.0 Å². The van der Waals surface area contributed by atoms with Crippen LogP contribution in [0.2, 0.25) is 0 Å². The molecule has 0 saturated carbocycles. The van der Waals surface area contributed by atoms with Gasteiger partial charge in [-0.15, -0.1) is 0 Å². The van der Waals surface area contributed by atoms with Crippen molar-refractivity contribution in [1.29, 1.82) is 0 Å². The van der Waals surface area contributed by atoms with Gasteiger partial charge in [0.15, 0.2) is 19.4 Å². The Morgan fingerprint density at radius 1 is 0.864 bits per heavy atom. The Bertz CT molecular complexity index is 607. The smallest absolute Gasteiger partial charge is 0.196 e. The minimum absolute atomic E-state index is 0.0914. The predicted molar refractivity (Wildman–Crippen MR) is 81.3 cm³/mol. The van der Waals surface area contributed by atoms with Crippen LogP contribution in [0, 0.1) is 0 Å². The lowest BCUT2D eigenvalue weighted by Gasteiger charge is -2.10. The van der Waals surface area contributed by atoms with Crippen LogP contribution in [0.25, 0.3) is 0 Å². The summed E-state index contributed by atoms with van der Waals surface area (Å²) in [6, 6.07) is 13.9. The lowest BCUT2D eigenvalue weighted by atomic mass is 10.0. The predicted octanol–water partition coefficient (Wildman–Crippen LogP) is 2.88. The molecule has 5 heteroatoms. The average Bonchev–Trinajstić information content (AvgIpc) is 2.58. The number of methoxy groups -OCH3 is 2. The molecule has 2 aromatic carbocycles. The van der Waals surface area contributed by atoms with Crippen molar-refractivity contribution in [3.8, 4) is 11.5 Å². The zero-order valence-electron chi connectivity index (χ0n) is 12.6. The highest BCUT2D eigenvalue weighted by Crippen LogP contribution is 2.22. The second kappa shape index (κ2) is 8.17. The van der Waals surface area contributed by atoms with Gasteiger partial charge in [0.05, 0.1) is 5.56 Å². The molecular formula is C17H18O5. The SMILES string of the molecule is COCOc1ccc(C(=O)c2ccccc2OCOC)cc1. The van der Waals surface area contributed by atoms with Gasteiger partial charge in [0, 0.05) is 19.8 Å². The second-order valence-corrected chi connectivity index (χ2v) is 4.45. The van der Waals surface area contributed by atoms with E-state index in [9.17, 15) is 4.79 Å². The highest BCUT2D eigenvalue weighted by Gasteiger charge is 2.14. The average molecular weight is 302 g/mol. The number of rotatable bonds is 8. The van der Waals surface area contributed by atoms with Crippen molar-refractivity contribution < 1.29 is 23.7 Å². The van der Waals surface area contributed by atoms with E-state index < -0.39 is 0 Å². The molecule has 0 aliphatic rings. The molecule has 0 saturated heterocycles. The maximum Gasteiger partial charge on any atom is 0.196 e. The molecule has 0 N–H and O–H groups in total. The highest BCUT2D eigenvalue weighted by atomic mass is 16.7. The number of ketones is 1. The van der Waals surface area contributed by atoms with E-state index in [0.29, 0.717) is 22.6 Å². The van der Waals surface area contributed by atoms with Gasteiger partial charge in [-0.2, -0.15) is 0 Å². The minimum Gasteiger partial charge on any atom is -0.468 e. The number of carbonyl (C=O) groups is 1. The summed E-state index contributed by atoms with van der Waals surface area (Å²) in [5.74, 6) is 1.02. The van der Waals surface area contributed by atoms with E-state index >= 15 is 0 Å². The summed E-state index contributed by atoms with van der Waals surface area (Å²) < 4.78 is 20.4. The fourth-order valence-corrected chi connectivity index (χ4v) is 1.89. The summed E-state index contributed by atoms with van der Waals surface area (Å²) in [7, 11) is 3.08. The van der Waals surface area contributed by atoms with Gasteiger partial charge in [0.25, 0.3) is 0 Å². The van der Waals surface area contributed by atoms with E-state index in [1.54, 1.807) is 49.6 Å². The van der Waals surface area contributed by atoms with Crippen LogP contribution < -0.4 is 9.47 Å². The Kier molecular flexibility index (Phi) is 5.94. The molecule has 116 valence electrons. The number of hydrogen-bond donors (Lipinski definition) is 0. The van der Waals surface area contributed by atoms with E-state index in [-0.39, 0.29) is 19.4 Å². The first kappa shape index (κ1) is 16.0. The first-order valence-corrected chi connectivity index (χ1v) is 6.73. The second-order valence-electron chi connectivity index (χ2n) is 4.45. The fourth-order valence-electron chi connectivity index (χ4n) is 1.89. The monoisotopic (exact) mass is 302 g/mol. The summed E-state index contributed by atoms with van der Waals surface area (Å²) in [4.78, 5) is 12.6. The molecule has 22 heavy (non-hydrogen) atoms. The van der Waals surface area contributed by atoms with Crippen LogP contribution in [0.4, 0.5) is 0 Å². The van der Waals surface area contributed by atoms with Gasteiger partial charge in [0.1, 0.15) is 11.5 Å². The minimum atomic E-state index is -0.120. The van der Waals surface area contributed by atoms with Crippen molar-refractivity contribution >= 4 is 5.78 Å². The number of ether oxygens (including phenoxy) is 4. The summed E-state index contributed by atoms with van der Waals surface area (Å²) >= 11 is 0. The molecule has 0 amide bonds. The number of para-hydroxylation sites is 1. The van der Waals surface area contributed by atoms with E-state index in [4.69, 9.17) is 18.9 Å². The van der Waals surface area contributed by atoms with E-state index in [2.05, 4.69) is 0 Å². The lowest BCUT2D eigenvalue weighted by molar-refractivity contribution is 0.0503. The van der Waals surface area contributed by atoms with Crippen molar-refractivity contribution in [2.45, 2.75) is 0 Å². The molecule has 2 aromatic rings. The Hall–Kier alpha value is -2.37. The zero-order valence-corrected chi connectivity index (χ0v) is 12.6. The largest absolute Gasteiger partial charge is 0.468 e. The molecule has 0 radical (unpaired) electrons. The molecule has 0 spiro atoms. The quantitative estimate of drug-likeness (QED) is 0.554. The third kappa shape index (κ3) is 4.07. The number of carbonyl (C=O) groups excluding carboxylic acids is 1. The Morgan fingerprint density at radius 2 is 1.50 bits per heavy atom. The first-order valence-electron chi connectivity index (χ1n) is 6.73. The molecule has 0 unspecified atom stereocenters. The molecular weight excluding hydrogens is 284 g/mol. The summed E-state index contributed by atoms with van der Waals surface area (Å²) in [6.45, 7) is 0.259. The van der Waals surface area contributed by atoms with E-state index in [1.807, 2.05) is 6.07 Å². The van der Waals surface area contributed by atoms with Gasteiger partial charge in [-0.05, 0) is 36.4 Å². The molecule has 0 aromatic heterocycles. The van der Waals surface area contributed by atoms with Gasteiger partial charge in [-0.25, -0.2) is 0 Å². The van der Waals surface area contributed by atoms with Gasteiger partial charge >= 0.3 is 0 Å². The molecule has 0 atom stereocenters. The lowest BCUT2D eigenvalue weighted by Crippen LogP contribution is -2.07. The van der Waals surface area contributed by atoms with Crippen molar-refractivity contribution in [3.05, 3.63) is 59.7 Å². The molecule has 0 aliphatic carbocycles.